The number of primary amides is 1. The average Bonchev–Trinajstić information content (AvgIpc) is 3.65. The number of nitrogens with one attached hydrogen (secondary N) is 2. The number of rotatable bonds is 12. The van der Waals surface area contributed by atoms with Crippen molar-refractivity contribution in [1.29, 1.82) is 0 Å². The van der Waals surface area contributed by atoms with Gasteiger partial charge in [-0.25, -0.2) is 9.97 Å². The monoisotopic (exact) mass is 610 g/mol. The van der Waals surface area contributed by atoms with Crippen LogP contribution >= 0.6 is 0 Å². The summed E-state index contributed by atoms with van der Waals surface area (Å²) in [5.74, 6) is 0.0812. The molecular formula is C32H38N10O3. The zero-order valence-electron chi connectivity index (χ0n) is 25.9. The molecule has 0 fully saturated rings. The predicted octanol–water partition coefficient (Wildman–Crippen LogP) is 3.88. The molecule has 3 amide bonds. The summed E-state index contributed by atoms with van der Waals surface area (Å²) >= 11 is 0. The van der Waals surface area contributed by atoms with Gasteiger partial charge in [0.15, 0.2) is 0 Å². The fraction of sp³-hybridized carbons (Fsp3) is 0.312. The van der Waals surface area contributed by atoms with Crippen molar-refractivity contribution >= 4 is 51.7 Å². The molecule has 13 heteroatoms. The second kappa shape index (κ2) is 13.0. The maximum atomic E-state index is 13.3. The summed E-state index contributed by atoms with van der Waals surface area (Å²) < 4.78 is 5.34. The molecule has 0 aliphatic carbocycles. The Labute approximate surface area is 260 Å². The molecule has 0 aliphatic rings. The van der Waals surface area contributed by atoms with Gasteiger partial charge < -0.3 is 25.9 Å². The van der Waals surface area contributed by atoms with Gasteiger partial charge >= 0.3 is 0 Å². The van der Waals surface area contributed by atoms with Gasteiger partial charge in [0.05, 0.1) is 27.8 Å². The van der Waals surface area contributed by atoms with Crippen molar-refractivity contribution in [3.8, 4) is 0 Å². The van der Waals surface area contributed by atoms with Crippen LogP contribution in [0.2, 0.25) is 0 Å². The van der Waals surface area contributed by atoms with Gasteiger partial charge in [0.25, 0.3) is 11.8 Å². The Morgan fingerprint density at radius 2 is 1.56 bits per heavy atom. The summed E-state index contributed by atoms with van der Waals surface area (Å²) in [6, 6.07) is 12.1. The van der Waals surface area contributed by atoms with Gasteiger partial charge in [-0.05, 0) is 68.7 Å². The first-order valence-corrected chi connectivity index (χ1v) is 14.9. The Morgan fingerprint density at radius 1 is 0.911 bits per heavy atom. The van der Waals surface area contributed by atoms with Crippen LogP contribution < -0.4 is 22.1 Å². The quantitative estimate of drug-likeness (QED) is 0.155. The van der Waals surface area contributed by atoms with E-state index in [2.05, 4.69) is 34.6 Å². The summed E-state index contributed by atoms with van der Waals surface area (Å²) in [6.45, 7) is 9.89. The molecule has 0 saturated carbocycles. The van der Waals surface area contributed by atoms with Crippen molar-refractivity contribution in [3.05, 3.63) is 77.1 Å². The van der Waals surface area contributed by atoms with Gasteiger partial charge in [-0.3, -0.25) is 24.4 Å². The van der Waals surface area contributed by atoms with E-state index >= 15 is 0 Å². The fourth-order valence-electron chi connectivity index (χ4n) is 5.12. The predicted molar refractivity (Wildman–Crippen MR) is 174 cm³/mol. The number of nitrogens with two attached hydrogens (primary N) is 2. The molecule has 0 radical (unpaired) electrons. The first-order chi connectivity index (χ1) is 21.5. The number of allylic oxidation sites excluding steroid dienone is 2. The second-order valence-corrected chi connectivity index (χ2v) is 11.2. The fourth-order valence-corrected chi connectivity index (χ4v) is 5.12. The number of imidazole rings is 2. The molecule has 5 rings (SSSR count). The lowest BCUT2D eigenvalue weighted by Gasteiger charge is -2.10. The summed E-state index contributed by atoms with van der Waals surface area (Å²) in [7, 11) is 0. The molecule has 2 aromatic carbocycles. The Morgan fingerprint density at radius 3 is 2.24 bits per heavy atom. The number of benzene rings is 2. The van der Waals surface area contributed by atoms with E-state index < -0.39 is 5.91 Å². The van der Waals surface area contributed by atoms with Crippen molar-refractivity contribution in [1.82, 2.24) is 34.2 Å². The van der Waals surface area contributed by atoms with E-state index in [0.717, 1.165) is 23.1 Å². The number of nitrogen functional groups attached to an aromatic ring is 1. The molecule has 5 aromatic rings. The van der Waals surface area contributed by atoms with Gasteiger partial charge in [0, 0.05) is 37.3 Å². The number of anilines is 2. The van der Waals surface area contributed by atoms with E-state index in [-0.39, 0.29) is 11.8 Å². The Hall–Kier alpha value is -5.46. The van der Waals surface area contributed by atoms with Crippen LogP contribution in [-0.4, -0.2) is 53.1 Å². The van der Waals surface area contributed by atoms with E-state index in [1.54, 1.807) is 41.1 Å². The van der Waals surface area contributed by atoms with Crippen LogP contribution in [0.5, 0.6) is 0 Å². The Kier molecular flexibility index (Phi) is 8.98. The minimum Gasteiger partial charge on any atom is -0.369 e. The number of aryl methyl sites for hydroxylation is 2. The number of aromatic nitrogens is 6. The van der Waals surface area contributed by atoms with Gasteiger partial charge in [-0.2, -0.15) is 5.10 Å². The molecule has 0 saturated heterocycles. The van der Waals surface area contributed by atoms with Crippen molar-refractivity contribution in [2.24, 2.45) is 11.7 Å². The Balaban J connectivity index is 1.42. The Bertz CT molecular complexity index is 1930. The number of hydrogen-bond acceptors (Lipinski definition) is 7. The molecule has 6 N–H and O–H groups in total. The van der Waals surface area contributed by atoms with Crippen molar-refractivity contribution in [2.75, 3.05) is 17.6 Å². The molecule has 0 spiro atoms. The topological polar surface area (TPSA) is 181 Å². The van der Waals surface area contributed by atoms with E-state index in [1.165, 1.54) is 0 Å². The summed E-state index contributed by atoms with van der Waals surface area (Å²) in [4.78, 5) is 46.8. The molecule has 3 aromatic heterocycles. The van der Waals surface area contributed by atoms with Gasteiger partial charge in [0.2, 0.25) is 17.8 Å². The third-order valence-corrected chi connectivity index (χ3v) is 7.48. The molecule has 0 bridgehead atoms. The molecule has 0 atom stereocenters. The normalized spacial score (nSPS) is 11.7. The highest BCUT2D eigenvalue weighted by atomic mass is 16.2. The highest BCUT2D eigenvalue weighted by Gasteiger charge is 2.19. The molecule has 0 unspecified atom stereocenters. The van der Waals surface area contributed by atoms with Crippen molar-refractivity contribution in [3.63, 3.8) is 0 Å². The number of amides is 3. The first-order valence-electron chi connectivity index (χ1n) is 14.9. The van der Waals surface area contributed by atoms with E-state index in [9.17, 15) is 14.4 Å². The average molecular weight is 611 g/mol. The first kappa shape index (κ1) is 31.0. The summed E-state index contributed by atoms with van der Waals surface area (Å²) in [5, 5.41) is 10.3. The molecule has 3 heterocycles. The lowest BCUT2D eigenvalue weighted by Crippen LogP contribution is -2.25. The minimum atomic E-state index is -0.534. The van der Waals surface area contributed by atoms with E-state index in [1.807, 2.05) is 41.2 Å². The maximum Gasteiger partial charge on any atom is 0.276 e. The van der Waals surface area contributed by atoms with E-state index in [0.29, 0.717) is 71.8 Å². The second-order valence-electron chi connectivity index (χ2n) is 11.2. The highest BCUT2D eigenvalue weighted by Crippen LogP contribution is 2.23. The van der Waals surface area contributed by atoms with Crippen LogP contribution in [0, 0.1) is 12.8 Å². The lowest BCUT2D eigenvalue weighted by atomic mass is 10.1. The number of carbonyl (C=O) groups is 3. The maximum absolute atomic E-state index is 13.3. The molecule has 13 nitrogen and oxygen atoms in total. The lowest BCUT2D eigenvalue weighted by molar-refractivity contribution is 0.0950. The SMILES string of the molecule is CCn1nc(C)cc1C(=O)Nc1nc2cc(C(=O)NCCC(C)C)ccc2n1C/C=C/Cn1c(N)nc2cc(C(N)=O)ccc21. The van der Waals surface area contributed by atoms with Crippen LogP contribution in [0.25, 0.3) is 22.1 Å². The third-order valence-electron chi connectivity index (χ3n) is 7.48. The van der Waals surface area contributed by atoms with Crippen molar-refractivity contribution < 1.29 is 14.4 Å². The molecule has 45 heavy (non-hydrogen) atoms. The highest BCUT2D eigenvalue weighted by molar-refractivity contribution is 6.03. The molecular weight excluding hydrogens is 572 g/mol. The van der Waals surface area contributed by atoms with Crippen LogP contribution in [-0.2, 0) is 19.6 Å². The van der Waals surface area contributed by atoms with Gasteiger partial charge in [0.1, 0.15) is 5.69 Å². The van der Waals surface area contributed by atoms with Crippen molar-refractivity contribution in [2.45, 2.75) is 53.8 Å². The van der Waals surface area contributed by atoms with Crippen LogP contribution in [0.4, 0.5) is 11.9 Å². The van der Waals surface area contributed by atoms with Gasteiger partial charge in [-0.15, -0.1) is 0 Å². The van der Waals surface area contributed by atoms with Gasteiger partial charge in [-0.1, -0.05) is 26.0 Å². The number of hydrogen-bond donors (Lipinski definition) is 4. The largest absolute Gasteiger partial charge is 0.369 e. The van der Waals surface area contributed by atoms with Crippen LogP contribution in [0.1, 0.15) is 64.1 Å². The molecule has 0 aliphatic heterocycles. The molecule has 234 valence electrons. The van der Waals surface area contributed by atoms with Crippen LogP contribution in [0.3, 0.4) is 0 Å². The standard InChI is InChI=1S/C32H38N10O3/c1-5-42-27(16-20(4)39-42)30(45)38-32-37-24-18-22(29(44)35-13-12-19(2)3)9-11-26(24)41(32)15-7-6-14-40-25-10-8-21(28(33)43)17-23(25)36-31(40)34/h6-11,16-19H,5,12-15H2,1-4H3,(H2,33,43)(H2,34,36)(H,35,44)(H,37,38,45)/b7-6+. The zero-order valence-corrected chi connectivity index (χ0v) is 25.9. The van der Waals surface area contributed by atoms with E-state index in [4.69, 9.17) is 16.5 Å². The van der Waals surface area contributed by atoms with Crippen LogP contribution in [0.15, 0.2) is 54.6 Å². The third kappa shape index (κ3) is 6.71. The smallest absolute Gasteiger partial charge is 0.276 e. The minimum absolute atomic E-state index is 0.173. The zero-order chi connectivity index (χ0) is 32.2. The number of carbonyl (C=O) groups excluding carboxylic acids is 3. The number of nitrogens with zero attached hydrogens (tertiary/aromatic N) is 6. The number of fused-ring (bicyclic) bond motifs is 2. The summed E-state index contributed by atoms with van der Waals surface area (Å²) in [5.41, 5.74) is 16.3. The summed E-state index contributed by atoms with van der Waals surface area (Å²) in [6.07, 6.45) is 4.75.